The lowest BCUT2D eigenvalue weighted by molar-refractivity contribution is 0.264. The lowest BCUT2D eigenvalue weighted by Crippen LogP contribution is -2.26. The van der Waals surface area contributed by atoms with Crippen LogP contribution in [0.3, 0.4) is 0 Å². The van der Waals surface area contributed by atoms with Crippen molar-refractivity contribution in [1.82, 2.24) is 24.5 Å². The Morgan fingerprint density at radius 1 is 1.13 bits per heavy atom. The molecule has 4 aromatic rings. The summed E-state index contributed by atoms with van der Waals surface area (Å²) in [7, 11) is 0. The summed E-state index contributed by atoms with van der Waals surface area (Å²) in [6.07, 6.45) is 16.3. The minimum Gasteiger partial charge on any atom is -0.439 e. The molecule has 1 saturated carbocycles. The molecule has 2 N–H and O–H groups in total. The van der Waals surface area contributed by atoms with Crippen LogP contribution in [0, 0.1) is 19.8 Å². The first-order chi connectivity index (χ1) is 18.5. The van der Waals surface area contributed by atoms with Crippen LogP contribution in [0.15, 0.2) is 64.2 Å². The standard InChI is InChI=1S/C30H34N6O2/c1-19-16-24(18-25-28(19)34-20(2)33-25)38-27-17-22(6-3-4-14-31-27)9-8-21-10-12-23(13-11-21)36-26-7-5-15-32-29(26)35-30(36)37/h4-5,7,14-18,21,23H,3,6,8-13H2,1-2H3,(H,33,34)(H,32,35,37)/b14-4-,22-17?,31-27?. The Kier molecular flexibility index (Phi) is 6.70. The number of ether oxygens (including phenoxy) is 1. The highest BCUT2D eigenvalue weighted by molar-refractivity contribution is 5.91. The third-order valence-electron chi connectivity index (χ3n) is 7.90. The summed E-state index contributed by atoms with van der Waals surface area (Å²) in [6.45, 7) is 4.02. The fourth-order valence-corrected chi connectivity index (χ4v) is 5.97. The van der Waals surface area contributed by atoms with Gasteiger partial charge in [0.2, 0.25) is 5.90 Å². The highest BCUT2D eigenvalue weighted by Gasteiger charge is 2.25. The second-order valence-electron chi connectivity index (χ2n) is 10.6. The summed E-state index contributed by atoms with van der Waals surface area (Å²) in [5, 5.41) is 0. The number of H-pyrrole nitrogens is 2. The van der Waals surface area contributed by atoms with E-state index >= 15 is 0 Å². The van der Waals surface area contributed by atoms with Crippen LogP contribution in [0.5, 0.6) is 5.75 Å². The van der Waals surface area contributed by atoms with Gasteiger partial charge in [0.1, 0.15) is 11.6 Å². The van der Waals surface area contributed by atoms with Crippen LogP contribution in [-0.4, -0.2) is 30.4 Å². The molecule has 0 radical (unpaired) electrons. The highest BCUT2D eigenvalue weighted by Crippen LogP contribution is 2.36. The topological polar surface area (TPSA) is 101 Å². The Hall–Kier alpha value is -3.94. The van der Waals surface area contributed by atoms with Gasteiger partial charge < -0.3 is 9.72 Å². The van der Waals surface area contributed by atoms with Crippen LogP contribution in [0.1, 0.15) is 68.8 Å². The first-order valence-electron chi connectivity index (χ1n) is 13.7. The summed E-state index contributed by atoms with van der Waals surface area (Å²) < 4.78 is 8.17. The molecule has 196 valence electrons. The van der Waals surface area contributed by atoms with E-state index in [4.69, 9.17) is 4.74 Å². The molecule has 0 atom stereocenters. The maximum atomic E-state index is 12.6. The number of imidazole rings is 2. The lowest BCUT2D eigenvalue weighted by Gasteiger charge is -2.29. The Morgan fingerprint density at radius 3 is 2.87 bits per heavy atom. The summed E-state index contributed by atoms with van der Waals surface area (Å²) in [5.74, 6) is 2.96. The molecule has 4 heterocycles. The second kappa shape index (κ2) is 10.4. The molecule has 1 aromatic carbocycles. The fourth-order valence-electron chi connectivity index (χ4n) is 5.97. The molecular weight excluding hydrogens is 476 g/mol. The predicted octanol–water partition coefficient (Wildman–Crippen LogP) is 6.44. The predicted molar refractivity (Wildman–Crippen MR) is 151 cm³/mol. The zero-order chi connectivity index (χ0) is 26.1. The molecule has 0 saturated heterocycles. The number of fused-ring (bicyclic) bond motifs is 2. The first-order valence-corrected chi connectivity index (χ1v) is 13.7. The number of rotatable bonds is 5. The van der Waals surface area contributed by atoms with Gasteiger partial charge in [0.05, 0.1) is 16.6 Å². The van der Waals surface area contributed by atoms with Crippen molar-refractivity contribution in [3.63, 3.8) is 0 Å². The Labute approximate surface area is 221 Å². The zero-order valence-electron chi connectivity index (χ0n) is 22.0. The maximum absolute atomic E-state index is 12.6. The van der Waals surface area contributed by atoms with Gasteiger partial charge in [-0.15, -0.1) is 0 Å². The average molecular weight is 511 g/mol. The van der Waals surface area contributed by atoms with Gasteiger partial charge >= 0.3 is 5.69 Å². The number of allylic oxidation sites excluding steroid dienone is 2. The highest BCUT2D eigenvalue weighted by atomic mass is 16.5. The van der Waals surface area contributed by atoms with E-state index in [1.54, 1.807) is 6.20 Å². The van der Waals surface area contributed by atoms with E-state index in [0.29, 0.717) is 17.5 Å². The van der Waals surface area contributed by atoms with Gasteiger partial charge in [-0.2, -0.15) is 0 Å². The van der Waals surface area contributed by atoms with Crippen LogP contribution in [0.4, 0.5) is 0 Å². The van der Waals surface area contributed by atoms with Gasteiger partial charge in [0, 0.05) is 24.5 Å². The van der Waals surface area contributed by atoms with Crippen molar-refractivity contribution in [2.75, 3.05) is 0 Å². The van der Waals surface area contributed by atoms with Crippen LogP contribution in [-0.2, 0) is 0 Å². The number of hydrogen-bond acceptors (Lipinski definition) is 5. The number of nitrogens with one attached hydrogen (secondary N) is 2. The molecule has 0 amide bonds. The number of aryl methyl sites for hydroxylation is 2. The van der Waals surface area contributed by atoms with Crippen molar-refractivity contribution in [1.29, 1.82) is 0 Å². The van der Waals surface area contributed by atoms with E-state index in [1.807, 2.05) is 42.0 Å². The van der Waals surface area contributed by atoms with E-state index in [0.717, 1.165) is 85.1 Å². The quantitative estimate of drug-likeness (QED) is 0.323. The van der Waals surface area contributed by atoms with Crippen molar-refractivity contribution >= 4 is 28.1 Å². The van der Waals surface area contributed by atoms with Gasteiger partial charge in [0.25, 0.3) is 0 Å². The van der Waals surface area contributed by atoms with Crippen molar-refractivity contribution < 1.29 is 4.74 Å². The Morgan fingerprint density at radius 2 is 2.00 bits per heavy atom. The number of benzene rings is 1. The van der Waals surface area contributed by atoms with Crippen molar-refractivity contribution in [2.24, 2.45) is 10.9 Å². The SMILES string of the molecule is Cc1nc2c(C)cc(OC3=N/C=C\CCC(CCC4CCC(n5c(=O)[nH]c6ncccc65)CC4)=C3)cc2[nH]1. The normalized spacial score (nSPS) is 21.1. The third kappa shape index (κ3) is 5.08. The molecule has 0 bridgehead atoms. The van der Waals surface area contributed by atoms with Crippen molar-refractivity contribution in [3.05, 3.63) is 76.3 Å². The number of nitrogens with zero attached hydrogens (tertiary/aromatic N) is 4. The lowest BCUT2D eigenvalue weighted by atomic mass is 9.82. The summed E-state index contributed by atoms with van der Waals surface area (Å²) in [6, 6.07) is 8.14. The number of aromatic nitrogens is 5. The second-order valence-corrected chi connectivity index (χ2v) is 10.6. The smallest absolute Gasteiger partial charge is 0.327 e. The molecular formula is C30H34N6O2. The molecule has 6 rings (SSSR count). The van der Waals surface area contributed by atoms with Crippen LogP contribution in [0.25, 0.3) is 22.2 Å². The molecule has 0 spiro atoms. The fraction of sp³-hybridized carbons (Fsp3) is 0.400. The molecule has 8 heteroatoms. The van der Waals surface area contributed by atoms with E-state index in [2.05, 4.69) is 44.0 Å². The van der Waals surface area contributed by atoms with Crippen LogP contribution >= 0.6 is 0 Å². The van der Waals surface area contributed by atoms with Gasteiger partial charge in [-0.05, 0) is 101 Å². The van der Waals surface area contributed by atoms with Crippen molar-refractivity contribution in [3.8, 4) is 5.75 Å². The average Bonchev–Trinajstić information content (AvgIpc) is 3.43. The molecule has 1 fully saturated rings. The summed E-state index contributed by atoms with van der Waals surface area (Å²) in [4.78, 5) is 32.2. The van der Waals surface area contributed by atoms with E-state index < -0.39 is 0 Å². The largest absolute Gasteiger partial charge is 0.439 e. The van der Waals surface area contributed by atoms with Crippen molar-refractivity contribution in [2.45, 2.75) is 71.3 Å². The molecule has 38 heavy (non-hydrogen) atoms. The number of aliphatic imine (C=N–C) groups is 1. The number of pyridine rings is 1. The zero-order valence-corrected chi connectivity index (χ0v) is 22.0. The minimum absolute atomic E-state index is 0.0429. The molecule has 1 aliphatic carbocycles. The molecule has 0 unspecified atom stereocenters. The number of aromatic amines is 2. The number of hydrogen-bond donors (Lipinski definition) is 2. The van der Waals surface area contributed by atoms with E-state index in [-0.39, 0.29) is 11.7 Å². The van der Waals surface area contributed by atoms with Gasteiger partial charge in [-0.3, -0.25) is 9.55 Å². The molecule has 3 aromatic heterocycles. The van der Waals surface area contributed by atoms with E-state index in [1.165, 1.54) is 5.57 Å². The van der Waals surface area contributed by atoms with Gasteiger partial charge in [-0.25, -0.2) is 19.8 Å². The Bertz CT molecular complexity index is 1610. The van der Waals surface area contributed by atoms with Crippen LogP contribution in [0.2, 0.25) is 0 Å². The van der Waals surface area contributed by atoms with Crippen LogP contribution < -0.4 is 10.4 Å². The molecule has 8 nitrogen and oxygen atoms in total. The summed E-state index contributed by atoms with van der Waals surface area (Å²) in [5.41, 5.74) is 5.96. The van der Waals surface area contributed by atoms with Gasteiger partial charge in [0.15, 0.2) is 5.65 Å². The maximum Gasteiger partial charge on any atom is 0.327 e. The third-order valence-corrected chi connectivity index (χ3v) is 7.90. The van der Waals surface area contributed by atoms with E-state index in [9.17, 15) is 4.79 Å². The monoisotopic (exact) mass is 510 g/mol. The summed E-state index contributed by atoms with van der Waals surface area (Å²) >= 11 is 0. The Balaban J connectivity index is 1.10. The van der Waals surface area contributed by atoms with Gasteiger partial charge in [-0.1, -0.05) is 11.6 Å². The molecule has 2 aliphatic rings. The minimum atomic E-state index is -0.0429. The first kappa shape index (κ1) is 24.4. The molecule has 1 aliphatic heterocycles.